The highest BCUT2D eigenvalue weighted by Crippen LogP contribution is 2.33. The van der Waals surface area contributed by atoms with Crippen molar-refractivity contribution in [2.45, 2.75) is 46.3 Å². The van der Waals surface area contributed by atoms with Crippen molar-refractivity contribution in [3.63, 3.8) is 0 Å². The average Bonchev–Trinajstić information content (AvgIpc) is 3.07. The predicted octanol–water partition coefficient (Wildman–Crippen LogP) is 5.12. The summed E-state index contributed by atoms with van der Waals surface area (Å²) >= 11 is 6.33. The number of halogens is 1. The van der Waals surface area contributed by atoms with Gasteiger partial charge in [0.15, 0.2) is 0 Å². The smallest absolute Gasteiger partial charge is 0.225 e. The molecule has 0 spiro atoms. The summed E-state index contributed by atoms with van der Waals surface area (Å²) in [6.07, 6.45) is 3.90. The Hall–Kier alpha value is -3.38. The maximum Gasteiger partial charge on any atom is 0.225 e. The molecule has 1 aromatic heterocycles. The molecule has 2 amide bonds. The van der Waals surface area contributed by atoms with Gasteiger partial charge in [0.05, 0.1) is 24.7 Å². The number of aryl methyl sites for hydroxylation is 1. The Labute approximate surface area is 205 Å². The molecule has 2 heterocycles. The van der Waals surface area contributed by atoms with Gasteiger partial charge in [0.1, 0.15) is 0 Å². The standard InChI is InChI=1S/C27H29ClN4O2/c1-18-24(19(2)32(29-18)16-22-10-6-8-12-25(22)28)17-30(4)27(34)15-26-23-11-7-5-9-21(23)13-14-31(26)20(3)33/h5-14,26H,15-17H2,1-4H3/t26-/m1/s1. The first kappa shape index (κ1) is 23.8. The van der Waals surface area contributed by atoms with Gasteiger partial charge in [-0.05, 0) is 42.7 Å². The molecular weight excluding hydrogens is 448 g/mol. The van der Waals surface area contributed by atoms with Crippen molar-refractivity contribution in [3.8, 4) is 0 Å². The highest BCUT2D eigenvalue weighted by molar-refractivity contribution is 6.31. The van der Waals surface area contributed by atoms with E-state index in [0.717, 1.165) is 33.6 Å². The molecular formula is C27H29ClN4O2. The minimum atomic E-state index is -0.321. The summed E-state index contributed by atoms with van der Waals surface area (Å²) in [6.45, 7) is 6.53. The van der Waals surface area contributed by atoms with E-state index in [2.05, 4.69) is 0 Å². The molecule has 4 rings (SSSR count). The van der Waals surface area contributed by atoms with Crippen LogP contribution < -0.4 is 0 Å². The van der Waals surface area contributed by atoms with Crippen LogP contribution >= 0.6 is 11.6 Å². The van der Waals surface area contributed by atoms with Gasteiger partial charge in [-0.1, -0.05) is 54.1 Å². The van der Waals surface area contributed by atoms with Crippen LogP contribution in [0.5, 0.6) is 0 Å². The molecule has 1 aliphatic heterocycles. The molecule has 0 radical (unpaired) electrons. The number of carbonyl (C=O) groups excluding carboxylic acids is 2. The van der Waals surface area contributed by atoms with E-state index in [4.69, 9.17) is 16.7 Å². The van der Waals surface area contributed by atoms with E-state index in [1.807, 2.05) is 73.1 Å². The van der Waals surface area contributed by atoms with E-state index in [9.17, 15) is 9.59 Å². The van der Waals surface area contributed by atoms with Crippen LogP contribution in [0.1, 0.15) is 53.0 Å². The van der Waals surface area contributed by atoms with Crippen LogP contribution in [0, 0.1) is 13.8 Å². The first-order valence-electron chi connectivity index (χ1n) is 11.3. The Bertz CT molecular complexity index is 1260. The quantitative estimate of drug-likeness (QED) is 0.496. The summed E-state index contributed by atoms with van der Waals surface area (Å²) in [6, 6.07) is 15.3. The first-order chi connectivity index (χ1) is 16.3. The number of fused-ring (bicyclic) bond motifs is 1. The summed E-state index contributed by atoms with van der Waals surface area (Å²) in [5.74, 6) is -0.113. The molecule has 0 saturated heterocycles. The number of nitrogens with zero attached hydrogens (tertiary/aromatic N) is 4. The molecule has 0 bridgehead atoms. The Kier molecular flexibility index (Phi) is 6.89. The maximum absolute atomic E-state index is 13.3. The number of aromatic nitrogens is 2. The summed E-state index contributed by atoms with van der Waals surface area (Å²) in [5.41, 5.74) is 5.94. The van der Waals surface area contributed by atoms with Crippen LogP contribution in [0.25, 0.3) is 6.08 Å². The SMILES string of the molecule is CC(=O)N1C=Cc2ccccc2[C@H]1CC(=O)N(C)Cc1c(C)nn(Cc2ccccc2Cl)c1C. The minimum absolute atomic E-state index is 0.0287. The van der Waals surface area contributed by atoms with Crippen molar-refractivity contribution in [1.82, 2.24) is 19.6 Å². The van der Waals surface area contributed by atoms with Gasteiger partial charge >= 0.3 is 0 Å². The number of amides is 2. The normalized spacial score (nSPS) is 14.7. The molecule has 2 aromatic carbocycles. The van der Waals surface area contributed by atoms with Gasteiger partial charge in [-0.3, -0.25) is 14.3 Å². The number of carbonyl (C=O) groups is 2. The maximum atomic E-state index is 13.3. The molecule has 0 fully saturated rings. The molecule has 34 heavy (non-hydrogen) atoms. The number of rotatable bonds is 6. The van der Waals surface area contributed by atoms with E-state index in [1.54, 1.807) is 23.0 Å². The Morgan fingerprint density at radius 3 is 2.53 bits per heavy atom. The van der Waals surface area contributed by atoms with E-state index in [1.165, 1.54) is 6.92 Å². The summed E-state index contributed by atoms with van der Waals surface area (Å²) in [5, 5.41) is 5.41. The third-order valence-electron chi connectivity index (χ3n) is 6.47. The second-order valence-electron chi connectivity index (χ2n) is 8.74. The molecule has 0 aliphatic carbocycles. The summed E-state index contributed by atoms with van der Waals surface area (Å²) < 4.78 is 1.93. The molecule has 176 valence electrons. The van der Waals surface area contributed by atoms with Crippen molar-refractivity contribution < 1.29 is 9.59 Å². The Morgan fingerprint density at radius 1 is 1.09 bits per heavy atom. The molecule has 0 saturated carbocycles. The minimum Gasteiger partial charge on any atom is -0.341 e. The van der Waals surface area contributed by atoms with Crippen molar-refractivity contribution in [2.75, 3.05) is 7.05 Å². The zero-order valence-corrected chi connectivity index (χ0v) is 20.7. The molecule has 7 heteroatoms. The van der Waals surface area contributed by atoms with E-state index in [0.29, 0.717) is 18.1 Å². The van der Waals surface area contributed by atoms with Gasteiger partial charge in [0.25, 0.3) is 0 Å². The molecule has 1 aliphatic rings. The third kappa shape index (κ3) is 4.77. The van der Waals surface area contributed by atoms with Gasteiger partial charge in [-0.15, -0.1) is 0 Å². The Morgan fingerprint density at radius 2 is 1.79 bits per heavy atom. The van der Waals surface area contributed by atoms with E-state index >= 15 is 0 Å². The molecule has 1 atom stereocenters. The fourth-order valence-electron chi connectivity index (χ4n) is 4.46. The topological polar surface area (TPSA) is 58.4 Å². The molecule has 0 unspecified atom stereocenters. The van der Waals surface area contributed by atoms with Crippen molar-refractivity contribution in [1.29, 1.82) is 0 Å². The van der Waals surface area contributed by atoms with Crippen LogP contribution in [-0.4, -0.2) is 38.4 Å². The molecule has 6 nitrogen and oxygen atoms in total. The van der Waals surface area contributed by atoms with Gasteiger partial charge in [-0.2, -0.15) is 5.10 Å². The lowest BCUT2D eigenvalue weighted by molar-refractivity contribution is -0.134. The number of hydrogen-bond acceptors (Lipinski definition) is 3. The molecule has 0 N–H and O–H groups in total. The first-order valence-corrected chi connectivity index (χ1v) is 11.7. The zero-order chi connectivity index (χ0) is 24.4. The van der Waals surface area contributed by atoms with Gasteiger partial charge < -0.3 is 9.80 Å². The van der Waals surface area contributed by atoms with Crippen LogP contribution in [0.3, 0.4) is 0 Å². The second kappa shape index (κ2) is 9.85. The van der Waals surface area contributed by atoms with E-state index < -0.39 is 0 Å². The molecule has 3 aromatic rings. The lowest BCUT2D eigenvalue weighted by atomic mass is 9.93. The number of benzene rings is 2. The van der Waals surface area contributed by atoms with Gasteiger partial charge in [0.2, 0.25) is 11.8 Å². The highest BCUT2D eigenvalue weighted by Gasteiger charge is 2.29. The highest BCUT2D eigenvalue weighted by atomic mass is 35.5. The van der Waals surface area contributed by atoms with Gasteiger partial charge in [0, 0.05) is 43.0 Å². The Balaban J connectivity index is 1.51. The average molecular weight is 477 g/mol. The number of hydrogen-bond donors (Lipinski definition) is 0. The zero-order valence-electron chi connectivity index (χ0n) is 20.0. The predicted molar refractivity (Wildman–Crippen MR) is 134 cm³/mol. The van der Waals surface area contributed by atoms with Crippen LogP contribution in [0.4, 0.5) is 0 Å². The third-order valence-corrected chi connectivity index (χ3v) is 6.84. The summed E-state index contributed by atoms with van der Waals surface area (Å²) in [4.78, 5) is 28.9. The fraction of sp³-hybridized carbons (Fsp3) is 0.296. The largest absolute Gasteiger partial charge is 0.341 e. The van der Waals surface area contributed by atoms with Gasteiger partial charge in [-0.25, -0.2) is 0 Å². The van der Waals surface area contributed by atoms with E-state index in [-0.39, 0.29) is 24.3 Å². The van der Waals surface area contributed by atoms with Crippen molar-refractivity contribution >= 4 is 29.5 Å². The van der Waals surface area contributed by atoms with Crippen LogP contribution in [0.15, 0.2) is 54.7 Å². The second-order valence-corrected chi connectivity index (χ2v) is 9.15. The lowest BCUT2D eigenvalue weighted by Gasteiger charge is -2.33. The van der Waals surface area contributed by atoms with Crippen molar-refractivity contribution in [2.24, 2.45) is 0 Å². The van der Waals surface area contributed by atoms with Crippen LogP contribution in [-0.2, 0) is 22.7 Å². The fourth-order valence-corrected chi connectivity index (χ4v) is 4.66. The van der Waals surface area contributed by atoms with Crippen molar-refractivity contribution in [3.05, 3.63) is 93.4 Å². The monoisotopic (exact) mass is 476 g/mol. The van der Waals surface area contributed by atoms with Crippen LogP contribution in [0.2, 0.25) is 5.02 Å². The lowest BCUT2D eigenvalue weighted by Crippen LogP contribution is -2.36. The summed E-state index contributed by atoms with van der Waals surface area (Å²) in [7, 11) is 1.80.